The molecule has 0 fully saturated rings. The summed E-state index contributed by atoms with van der Waals surface area (Å²) in [6.07, 6.45) is 4.03. The largest absolute Gasteiger partial charge is 0.480 e. The van der Waals surface area contributed by atoms with E-state index in [-0.39, 0.29) is 56.3 Å². The average Bonchev–Trinajstić information content (AvgIpc) is 3.27. The van der Waals surface area contributed by atoms with Crippen molar-refractivity contribution in [2.45, 2.75) is 160 Å². The van der Waals surface area contributed by atoms with Crippen LogP contribution in [0.5, 0.6) is 0 Å². The second-order valence-corrected chi connectivity index (χ2v) is 19.7. The number of thioether (sulfide) groups is 2. The quantitative estimate of drug-likeness (QED) is 0.0142. The number of carbonyl (C=O) groups is 9. The second-order valence-electron chi connectivity index (χ2n) is 17.4. The lowest BCUT2D eigenvalue weighted by molar-refractivity contribution is -0.142. The Bertz CT molecular complexity index is 1710. The number of nitrogens with zero attached hydrogens (tertiary/aromatic N) is 1. The second kappa shape index (κ2) is 34.7. The minimum Gasteiger partial charge on any atom is -0.480 e. The molecule has 0 aliphatic heterocycles. The number of rotatable bonds is 35. The molecule has 0 saturated heterocycles. The molecule has 0 aromatic heterocycles. The van der Waals surface area contributed by atoms with Gasteiger partial charge >= 0.3 is 5.97 Å². The maximum atomic E-state index is 14.1. The van der Waals surface area contributed by atoms with Gasteiger partial charge in [-0.05, 0) is 88.2 Å². The number of nitrogens with one attached hydrogen (secondary N) is 8. The number of amides is 8. The minimum absolute atomic E-state index is 0.0296. The molecule has 0 rings (SSSR count). The molecule has 0 heterocycles. The summed E-state index contributed by atoms with van der Waals surface area (Å²) >= 11 is 7.14. The summed E-state index contributed by atoms with van der Waals surface area (Å²) in [5.74, 6) is -7.28. The number of aliphatic carboxylic acids is 1. The third-order valence-corrected chi connectivity index (χ3v) is 12.1. The van der Waals surface area contributed by atoms with Crippen LogP contribution < -0.4 is 59.7 Å². The molecule has 0 spiro atoms. The Balaban J connectivity index is 6.37. The van der Waals surface area contributed by atoms with Crippen molar-refractivity contribution in [1.82, 2.24) is 42.5 Å². The van der Waals surface area contributed by atoms with Gasteiger partial charge in [0.25, 0.3) is 0 Å². The third kappa shape index (κ3) is 25.8. The lowest BCUT2D eigenvalue weighted by Gasteiger charge is -2.29. The fourth-order valence-corrected chi connectivity index (χ4v) is 7.63. The molecule has 396 valence electrons. The van der Waals surface area contributed by atoms with E-state index in [1.165, 1.54) is 37.4 Å². The van der Waals surface area contributed by atoms with Crippen LogP contribution in [0.2, 0.25) is 0 Å². The van der Waals surface area contributed by atoms with Crippen molar-refractivity contribution in [2.24, 2.45) is 34.0 Å². The van der Waals surface area contributed by atoms with Crippen LogP contribution in [0.1, 0.15) is 99.8 Å². The van der Waals surface area contributed by atoms with Crippen molar-refractivity contribution in [3.63, 3.8) is 0 Å². The third-order valence-electron chi connectivity index (χ3n) is 10.5. The van der Waals surface area contributed by atoms with Gasteiger partial charge in [-0.1, -0.05) is 47.5 Å². The number of aliphatic hydroxyl groups is 1. The first kappa shape index (κ1) is 64.5. The van der Waals surface area contributed by atoms with Crippen molar-refractivity contribution in [1.29, 1.82) is 0 Å². The van der Waals surface area contributed by atoms with E-state index in [9.17, 15) is 53.4 Å². The predicted molar refractivity (Wildman–Crippen MR) is 272 cm³/mol. The Hall–Kier alpha value is -4.53. The fourth-order valence-electron chi connectivity index (χ4n) is 6.41. The van der Waals surface area contributed by atoms with E-state index in [2.05, 4.69) is 60.2 Å². The topological polar surface area (TPSA) is 381 Å². The number of aliphatic imine (C=N–C) groups is 1. The molecular weight excluding hydrogens is 957 g/mol. The number of nitrogens with two attached hydrogens (primary N) is 3. The highest BCUT2D eigenvalue weighted by molar-refractivity contribution is 7.98. The van der Waals surface area contributed by atoms with Crippen LogP contribution in [0.4, 0.5) is 0 Å². The number of unbranched alkanes of at least 4 members (excludes halogenated alkanes) is 1. The highest BCUT2D eigenvalue weighted by atomic mass is 32.2. The average molecular weight is 1040 g/mol. The zero-order valence-electron chi connectivity index (χ0n) is 41.4. The van der Waals surface area contributed by atoms with Crippen LogP contribution in [0.15, 0.2) is 4.99 Å². The van der Waals surface area contributed by atoms with E-state index in [0.29, 0.717) is 30.8 Å². The molecule has 8 amide bonds. The van der Waals surface area contributed by atoms with Crippen LogP contribution in [0.25, 0.3) is 0 Å². The Morgan fingerprint density at radius 3 is 1.54 bits per heavy atom. The molecule has 16 N–H and O–H groups in total. The summed E-state index contributed by atoms with van der Waals surface area (Å²) in [4.78, 5) is 124. The standard InChI is InChI=1S/C43H80N12O11S3/c1-10-11-13-27(37(60)55-33(25(7)56)41(64)48-24(6)34(57)54-32(23(4)5)40(63)51-29(42(65)66)16-19-69-9)49-36(59)28(14-12-17-47-43(45)46)50-38(61)30(20-22(2)3)52-39(62)31(21-67)53-35(58)26(44)15-18-68-8/h22-33,56,67H,10-21,44H2,1-9H3,(H,48,64)(H,49,59)(H,50,61)(H,51,63)(H,52,62)(H,53,58)(H,54,57)(H,55,60)(H,65,66)(H4,45,46,47)/t24-,25+,26-,27-,28-,29-,30-,31-,32-,33-/m0/s1. The zero-order chi connectivity index (χ0) is 53.0. The summed E-state index contributed by atoms with van der Waals surface area (Å²) in [7, 11) is 0. The first-order valence-corrected chi connectivity index (χ1v) is 26.5. The van der Waals surface area contributed by atoms with Crippen molar-refractivity contribution >= 4 is 95.3 Å². The lowest BCUT2D eigenvalue weighted by atomic mass is 10.0. The number of carboxylic acid groups (broad SMARTS) is 1. The van der Waals surface area contributed by atoms with E-state index in [1.54, 1.807) is 20.1 Å². The molecule has 69 heavy (non-hydrogen) atoms. The summed E-state index contributed by atoms with van der Waals surface area (Å²) in [6.45, 7) is 11.4. The smallest absolute Gasteiger partial charge is 0.326 e. The molecule has 23 nitrogen and oxygen atoms in total. The molecule has 0 aromatic carbocycles. The fraction of sp³-hybridized carbons (Fsp3) is 0.767. The number of guanidine groups is 1. The molecule has 0 aliphatic rings. The lowest BCUT2D eigenvalue weighted by Crippen LogP contribution is -2.62. The number of aliphatic hydroxyl groups excluding tert-OH is 1. The van der Waals surface area contributed by atoms with E-state index >= 15 is 0 Å². The van der Waals surface area contributed by atoms with Crippen molar-refractivity contribution in [2.75, 3.05) is 36.3 Å². The van der Waals surface area contributed by atoms with Gasteiger partial charge in [-0.2, -0.15) is 36.2 Å². The van der Waals surface area contributed by atoms with Crippen molar-refractivity contribution < 1.29 is 53.4 Å². The van der Waals surface area contributed by atoms with Crippen LogP contribution in [0, 0.1) is 11.8 Å². The summed E-state index contributed by atoms with van der Waals surface area (Å²) < 4.78 is 0. The van der Waals surface area contributed by atoms with Gasteiger partial charge in [0.15, 0.2) is 5.96 Å². The normalized spacial score (nSPS) is 15.6. The van der Waals surface area contributed by atoms with E-state index < -0.39 is 120 Å². The summed E-state index contributed by atoms with van der Waals surface area (Å²) in [6, 6.07) is -11.1. The Morgan fingerprint density at radius 2 is 1.04 bits per heavy atom. The van der Waals surface area contributed by atoms with Crippen molar-refractivity contribution in [3.05, 3.63) is 0 Å². The van der Waals surface area contributed by atoms with Gasteiger partial charge in [-0.3, -0.25) is 43.3 Å². The maximum Gasteiger partial charge on any atom is 0.326 e. The van der Waals surface area contributed by atoms with Crippen molar-refractivity contribution in [3.8, 4) is 0 Å². The molecule has 0 radical (unpaired) electrons. The highest BCUT2D eigenvalue weighted by Gasteiger charge is 2.36. The number of thiol groups is 1. The van der Waals surface area contributed by atoms with Gasteiger partial charge in [0, 0.05) is 12.3 Å². The van der Waals surface area contributed by atoms with E-state index in [0.717, 1.165) is 0 Å². The molecule has 10 atom stereocenters. The molecule has 26 heteroatoms. The molecule has 0 unspecified atom stereocenters. The Labute approximate surface area is 420 Å². The summed E-state index contributed by atoms with van der Waals surface area (Å²) in [5.41, 5.74) is 17.0. The number of hydrogen-bond acceptors (Lipinski definition) is 15. The van der Waals surface area contributed by atoms with Crippen LogP contribution >= 0.6 is 36.2 Å². The van der Waals surface area contributed by atoms with Crippen LogP contribution in [-0.2, 0) is 43.2 Å². The molecular formula is C43H80N12O11S3. The number of carboxylic acids is 1. The minimum atomic E-state index is -1.64. The first-order chi connectivity index (χ1) is 32.3. The van der Waals surface area contributed by atoms with Gasteiger partial charge in [-0.25, -0.2) is 4.79 Å². The number of carbonyl (C=O) groups excluding carboxylic acids is 8. The Morgan fingerprint density at radius 1 is 0.580 bits per heavy atom. The zero-order valence-corrected chi connectivity index (χ0v) is 44.0. The van der Waals surface area contributed by atoms with Gasteiger partial charge < -0.3 is 69.9 Å². The van der Waals surface area contributed by atoms with Gasteiger partial charge in [0.1, 0.15) is 48.3 Å². The van der Waals surface area contributed by atoms with Crippen LogP contribution in [-0.4, -0.2) is 166 Å². The molecule has 0 bridgehead atoms. The maximum absolute atomic E-state index is 14.1. The van der Waals surface area contributed by atoms with E-state index in [4.69, 9.17) is 17.2 Å². The SMILES string of the molecule is CCCC[C@H](NC(=O)[C@H](CCCN=C(N)N)NC(=O)[C@H](CC(C)C)NC(=O)[C@H](CS)NC(=O)[C@@H](N)CCSC)C(=O)N[C@H](C(=O)N[C@@H](C)C(=O)N[C@H](C(=O)N[C@@H](CCSC)C(=O)O)C(C)C)[C@@H](C)O. The molecule has 0 aliphatic carbocycles. The van der Waals surface area contributed by atoms with Crippen LogP contribution in [0.3, 0.4) is 0 Å². The number of hydrogen-bond donors (Lipinski definition) is 14. The van der Waals surface area contributed by atoms with Gasteiger partial charge in [0.2, 0.25) is 47.3 Å². The predicted octanol–water partition coefficient (Wildman–Crippen LogP) is -1.94. The summed E-state index contributed by atoms with van der Waals surface area (Å²) in [5, 5.41) is 40.7. The monoisotopic (exact) mass is 1040 g/mol. The molecule has 0 aromatic rings. The highest BCUT2D eigenvalue weighted by Crippen LogP contribution is 2.11. The van der Waals surface area contributed by atoms with Gasteiger partial charge in [0.05, 0.1) is 12.1 Å². The van der Waals surface area contributed by atoms with E-state index in [1.807, 2.05) is 27.0 Å². The molecule has 0 saturated carbocycles. The van der Waals surface area contributed by atoms with Gasteiger partial charge in [-0.15, -0.1) is 0 Å². The Kier molecular flexibility index (Phi) is 32.4. The first-order valence-electron chi connectivity index (χ1n) is 23.1.